The second-order valence-electron chi connectivity index (χ2n) is 4.76. The van der Waals surface area contributed by atoms with Crippen LogP contribution in [-0.4, -0.2) is 22.6 Å². The Balaban J connectivity index is 2.89. The first kappa shape index (κ1) is 13.3. The third-order valence-electron chi connectivity index (χ3n) is 3.39. The fraction of sp³-hybridized carbons (Fsp3) is 0.538. The van der Waals surface area contributed by atoms with Crippen LogP contribution < -0.4 is 0 Å². The first-order valence-electron chi connectivity index (χ1n) is 5.56. The molecule has 0 saturated carbocycles. The Labute approximate surface area is 103 Å². The highest BCUT2D eigenvalue weighted by atomic mass is 35.5. The van der Waals surface area contributed by atoms with E-state index in [9.17, 15) is 5.11 Å². The molecule has 0 atom stereocenters. The van der Waals surface area contributed by atoms with Gasteiger partial charge in [-0.25, -0.2) is 0 Å². The average molecular weight is 242 g/mol. The Morgan fingerprint density at radius 2 is 2.00 bits per heavy atom. The van der Waals surface area contributed by atoms with E-state index in [0.29, 0.717) is 11.6 Å². The Kier molecular flexibility index (Phi) is 4.22. The molecule has 0 aliphatic rings. The minimum atomic E-state index is 0.103. The molecule has 3 heteroatoms. The lowest BCUT2D eigenvalue weighted by Gasteiger charge is -2.35. The first-order valence-corrected chi connectivity index (χ1v) is 5.94. The number of benzene rings is 1. The smallest absolute Gasteiger partial charge is 0.121 e. The molecule has 0 aliphatic heterocycles. The normalized spacial score (nSPS) is 12.1. The van der Waals surface area contributed by atoms with Gasteiger partial charge in [0.05, 0.1) is 0 Å². The topological polar surface area (TPSA) is 23.5 Å². The summed E-state index contributed by atoms with van der Waals surface area (Å²) in [6.45, 7) is 7.18. The third-order valence-corrected chi connectivity index (χ3v) is 3.74. The molecule has 0 amide bonds. The van der Waals surface area contributed by atoms with Crippen molar-refractivity contribution in [3.05, 3.63) is 28.8 Å². The molecule has 0 aromatic heterocycles. The van der Waals surface area contributed by atoms with E-state index in [0.717, 1.165) is 12.0 Å². The zero-order chi connectivity index (χ0) is 12.3. The zero-order valence-corrected chi connectivity index (χ0v) is 11.2. The highest BCUT2D eigenvalue weighted by molar-refractivity contribution is 6.31. The lowest BCUT2D eigenvalue weighted by atomic mass is 9.99. The fourth-order valence-electron chi connectivity index (χ4n) is 1.42. The predicted molar refractivity (Wildman–Crippen MR) is 69.0 cm³/mol. The van der Waals surface area contributed by atoms with E-state index in [1.54, 1.807) is 12.1 Å². The monoisotopic (exact) mass is 241 g/mol. The van der Waals surface area contributed by atoms with Crippen molar-refractivity contribution in [2.24, 2.45) is 0 Å². The quantitative estimate of drug-likeness (QED) is 0.870. The molecular weight excluding hydrogens is 222 g/mol. The van der Waals surface area contributed by atoms with Gasteiger partial charge in [-0.2, -0.15) is 0 Å². The van der Waals surface area contributed by atoms with Gasteiger partial charge in [-0.3, -0.25) is 4.90 Å². The van der Waals surface area contributed by atoms with Crippen molar-refractivity contribution in [1.82, 2.24) is 4.90 Å². The Morgan fingerprint density at radius 3 is 2.50 bits per heavy atom. The largest absolute Gasteiger partial charge is 0.508 e. The van der Waals surface area contributed by atoms with Gasteiger partial charge in [0, 0.05) is 22.7 Å². The summed E-state index contributed by atoms with van der Waals surface area (Å²) in [5.41, 5.74) is 0.902. The van der Waals surface area contributed by atoms with Gasteiger partial charge in [0.2, 0.25) is 0 Å². The summed E-state index contributed by atoms with van der Waals surface area (Å²) < 4.78 is 0. The molecule has 1 aromatic rings. The SMILES string of the molecule is CCC(C)(C)N(C)Cc1c(O)cccc1Cl. The van der Waals surface area contributed by atoms with Gasteiger partial charge in [0.1, 0.15) is 5.75 Å². The van der Waals surface area contributed by atoms with Gasteiger partial charge >= 0.3 is 0 Å². The van der Waals surface area contributed by atoms with Crippen LogP contribution in [0.4, 0.5) is 0 Å². The molecule has 0 spiro atoms. The van der Waals surface area contributed by atoms with Crippen molar-refractivity contribution < 1.29 is 5.11 Å². The van der Waals surface area contributed by atoms with Gasteiger partial charge in [0.25, 0.3) is 0 Å². The van der Waals surface area contributed by atoms with Crippen LogP contribution >= 0.6 is 11.6 Å². The number of aromatic hydroxyl groups is 1. The molecule has 0 heterocycles. The number of nitrogens with zero attached hydrogens (tertiary/aromatic N) is 1. The maximum atomic E-state index is 9.77. The van der Waals surface area contributed by atoms with Crippen molar-refractivity contribution in [1.29, 1.82) is 0 Å². The molecule has 1 N–H and O–H groups in total. The van der Waals surface area contributed by atoms with E-state index in [1.165, 1.54) is 0 Å². The van der Waals surface area contributed by atoms with Crippen LogP contribution in [0.1, 0.15) is 32.8 Å². The standard InChI is InChI=1S/C13H20ClNO/c1-5-13(2,3)15(4)9-10-11(14)7-6-8-12(10)16/h6-8,16H,5,9H2,1-4H3. The van der Waals surface area contributed by atoms with Crippen LogP contribution in [0.25, 0.3) is 0 Å². The van der Waals surface area contributed by atoms with Crippen LogP contribution in [0.5, 0.6) is 5.75 Å². The molecule has 0 aliphatic carbocycles. The zero-order valence-electron chi connectivity index (χ0n) is 10.4. The van der Waals surface area contributed by atoms with Crippen LogP contribution in [-0.2, 0) is 6.54 Å². The van der Waals surface area contributed by atoms with Crippen molar-refractivity contribution in [3.8, 4) is 5.75 Å². The summed E-state index contributed by atoms with van der Waals surface area (Å²) in [6, 6.07) is 5.24. The minimum absolute atomic E-state index is 0.103. The maximum Gasteiger partial charge on any atom is 0.121 e. The van der Waals surface area contributed by atoms with Crippen molar-refractivity contribution in [2.45, 2.75) is 39.3 Å². The molecule has 16 heavy (non-hydrogen) atoms. The molecule has 0 radical (unpaired) electrons. The summed E-state index contributed by atoms with van der Waals surface area (Å²) in [6.07, 6.45) is 1.05. The van der Waals surface area contributed by atoms with Gasteiger partial charge < -0.3 is 5.11 Å². The van der Waals surface area contributed by atoms with E-state index in [-0.39, 0.29) is 11.3 Å². The summed E-state index contributed by atoms with van der Waals surface area (Å²) in [5.74, 6) is 0.270. The fourth-order valence-corrected chi connectivity index (χ4v) is 1.65. The van der Waals surface area contributed by atoms with E-state index >= 15 is 0 Å². The number of phenolic OH excluding ortho intramolecular Hbond substituents is 1. The first-order chi connectivity index (χ1) is 7.38. The van der Waals surface area contributed by atoms with Crippen LogP contribution in [0.3, 0.4) is 0 Å². The molecule has 0 unspecified atom stereocenters. The van der Waals surface area contributed by atoms with Crippen LogP contribution in [0.2, 0.25) is 5.02 Å². The van der Waals surface area contributed by atoms with Gasteiger partial charge in [-0.1, -0.05) is 24.6 Å². The molecule has 0 saturated heterocycles. The highest BCUT2D eigenvalue weighted by Gasteiger charge is 2.22. The van der Waals surface area contributed by atoms with Crippen molar-refractivity contribution >= 4 is 11.6 Å². The van der Waals surface area contributed by atoms with Crippen molar-refractivity contribution in [2.75, 3.05) is 7.05 Å². The van der Waals surface area contributed by atoms with E-state index in [4.69, 9.17) is 11.6 Å². The lowest BCUT2D eigenvalue weighted by Crippen LogP contribution is -2.39. The maximum absolute atomic E-state index is 9.77. The molecule has 0 fully saturated rings. The molecule has 2 nitrogen and oxygen atoms in total. The van der Waals surface area contributed by atoms with E-state index in [2.05, 4.69) is 25.7 Å². The summed E-state index contributed by atoms with van der Waals surface area (Å²) in [7, 11) is 2.05. The van der Waals surface area contributed by atoms with Crippen molar-refractivity contribution in [3.63, 3.8) is 0 Å². The minimum Gasteiger partial charge on any atom is -0.508 e. The Bertz CT molecular complexity index is 343. The molecular formula is C13H20ClNO. The highest BCUT2D eigenvalue weighted by Crippen LogP contribution is 2.29. The summed E-state index contributed by atoms with van der Waals surface area (Å²) in [5, 5.41) is 10.4. The van der Waals surface area contributed by atoms with Gasteiger partial charge in [-0.05, 0) is 39.4 Å². The van der Waals surface area contributed by atoms with Gasteiger partial charge in [-0.15, -0.1) is 0 Å². The number of hydrogen-bond acceptors (Lipinski definition) is 2. The molecule has 0 bridgehead atoms. The number of halogens is 1. The second kappa shape index (κ2) is 5.07. The molecule has 1 rings (SSSR count). The third kappa shape index (κ3) is 2.89. The number of hydrogen-bond donors (Lipinski definition) is 1. The summed E-state index contributed by atoms with van der Waals surface area (Å²) >= 11 is 6.08. The Hall–Kier alpha value is -0.730. The Morgan fingerprint density at radius 1 is 1.38 bits per heavy atom. The van der Waals surface area contributed by atoms with E-state index in [1.807, 2.05) is 13.1 Å². The predicted octanol–water partition coefficient (Wildman–Crippen LogP) is 3.67. The number of rotatable bonds is 4. The molecule has 90 valence electrons. The lowest BCUT2D eigenvalue weighted by molar-refractivity contribution is 0.142. The van der Waals surface area contributed by atoms with Crippen LogP contribution in [0, 0.1) is 0 Å². The van der Waals surface area contributed by atoms with E-state index < -0.39 is 0 Å². The average Bonchev–Trinajstić information content (AvgIpc) is 2.23. The van der Waals surface area contributed by atoms with Gasteiger partial charge in [0.15, 0.2) is 0 Å². The second-order valence-corrected chi connectivity index (χ2v) is 5.17. The van der Waals surface area contributed by atoms with Crippen LogP contribution in [0.15, 0.2) is 18.2 Å². The molecule has 1 aromatic carbocycles. The summed E-state index contributed by atoms with van der Waals surface area (Å²) in [4.78, 5) is 2.20. The number of phenols is 1.